The van der Waals surface area contributed by atoms with E-state index in [1.165, 1.54) is 24.3 Å². The maximum atomic E-state index is 14.0. The molecule has 0 bridgehead atoms. The van der Waals surface area contributed by atoms with Gasteiger partial charge in [-0.15, -0.1) is 0 Å². The van der Waals surface area contributed by atoms with Crippen molar-refractivity contribution in [1.29, 1.82) is 0 Å². The first-order valence-corrected chi connectivity index (χ1v) is 8.95. The van der Waals surface area contributed by atoms with Crippen LogP contribution in [0.5, 0.6) is 5.75 Å². The number of halogens is 5. The van der Waals surface area contributed by atoms with Crippen molar-refractivity contribution in [2.75, 3.05) is 6.79 Å². The van der Waals surface area contributed by atoms with Gasteiger partial charge in [-0.05, 0) is 23.8 Å². The van der Waals surface area contributed by atoms with E-state index < -0.39 is 40.4 Å². The molecule has 0 spiro atoms. The summed E-state index contributed by atoms with van der Waals surface area (Å²) in [5.41, 5.74) is -3.49. The summed E-state index contributed by atoms with van der Waals surface area (Å²) in [5, 5.41) is 0.262. The first kappa shape index (κ1) is 22.3. The molecule has 0 unspecified atom stereocenters. The van der Waals surface area contributed by atoms with Crippen LogP contribution in [-0.2, 0) is 15.5 Å². The van der Waals surface area contributed by atoms with Gasteiger partial charge in [-0.2, -0.15) is 22.0 Å². The van der Waals surface area contributed by atoms with E-state index in [0.717, 1.165) is 18.2 Å². The Morgan fingerprint density at radius 3 is 2.39 bits per heavy atom. The quantitative estimate of drug-likeness (QED) is 0.221. The summed E-state index contributed by atoms with van der Waals surface area (Å²) in [6.45, 7) is 1.23. The lowest BCUT2D eigenvalue weighted by molar-refractivity contribution is -0.289. The third-order valence-electron chi connectivity index (χ3n) is 4.35. The zero-order valence-corrected chi connectivity index (χ0v) is 16.0. The molecule has 3 aromatic rings. The van der Waals surface area contributed by atoms with Crippen LogP contribution in [0, 0.1) is 0 Å². The normalized spacial score (nSPS) is 12.1. The number of alkyl halides is 5. The van der Waals surface area contributed by atoms with Crippen LogP contribution in [0.25, 0.3) is 22.1 Å². The Morgan fingerprint density at radius 1 is 1.00 bits per heavy atom. The van der Waals surface area contributed by atoms with Crippen molar-refractivity contribution in [2.24, 2.45) is 0 Å². The molecule has 0 radical (unpaired) electrons. The third-order valence-corrected chi connectivity index (χ3v) is 4.35. The second-order valence-electron chi connectivity index (χ2n) is 6.40. The highest BCUT2D eigenvalue weighted by Crippen LogP contribution is 2.46. The largest absolute Gasteiger partial charge is 0.458 e. The molecule has 0 aliphatic heterocycles. The van der Waals surface area contributed by atoms with Gasteiger partial charge in [0.1, 0.15) is 11.3 Å². The number of esters is 1. The molecule has 5 nitrogen and oxygen atoms in total. The second kappa shape index (κ2) is 8.37. The molecule has 0 fully saturated rings. The SMILES string of the molecule is CCC(=O)OCOc1ccc2cc(-c3ccccc3C(F)(F)C(F)(F)F)c(=O)oc2c1. The lowest BCUT2D eigenvalue weighted by Crippen LogP contribution is -2.34. The fraction of sp³-hybridized carbons (Fsp3) is 0.238. The minimum absolute atomic E-state index is 0.00753. The zero-order valence-electron chi connectivity index (χ0n) is 16.0. The Balaban J connectivity index is 2.01. The van der Waals surface area contributed by atoms with Gasteiger partial charge in [-0.1, -0.05) is 31.2 Å². The first-order valence-electron chi connectivity index (χ1n) is 8.95. The molecule has 0 N–H and O–H groups in total. The molecule has 2 aromatic carbocycles. The van der Waals surface area contributed by atoms with Crippen molar-refractivity contribution in [1.82, 2.24) is 0 Å². The Labute approximate surface area is 172 Å². The molecule has 1 heterocycles. The van der Waals surface area contributed by atoms with E-state index in [2.05, 4.69) is 0 Å². The van der Waals surface area contributed by atoms with Crippen LogP contribution in [0.15, 0.2) is 57.7 Å². The van der Waals surface area contributed by atoms with Gasteiger partial charge < -0.3 is 13.9 Å². The molecular formula is C21H15F5O5. The van der Waals surface area contributed by atoms with E-state index >= 15 is 0 Å². The zero-order chi connectivity index (χ0) is 22.8. The monoisotopic (exact) mass is 442 g/mol. The van der Waals surface area contributed by atoms with Gasteiger partial charge in [0.2, 0.25) is 6.79 Å². The second-order valence-corrected chi connectivity index (χ2v) is 6.40. The smallest absolute Gasteiger partial charge is 0.457 e. The van der Waals surface area contributed by atoms with E-state index in [0.29, 0.717) is 6.07 Å². The molecule has 10 heteroatoms. The molecule has 0 aliphatic rings. The average Bonchev–Trinajstić information content (AvgIpc) is 2.72. The van der Waals surface area contributed by atoms with E-state index in [4.69, 9.17) is 13.9 Å². The predicted octanol–water partition coefficient (Wildman–Crippen LogP) is 5.40. The lowest BCUT2D eigenvalue weighted by Gasteiger charge is -2.22. The maximum absolute atomic E-state index is 14.0. The summed E-state index contributed by atoms with van der Waals surface area (Å²) < 4.78 is 81.8. The minimum atomic E-state index is -5.84. The molecule has 1 aromatic heterocycles. The Bertz CT molecular complexity index is 1170. The van der Waals surface area contributed by atoms with E-state index in [1.807, 2.05) is 0 Å². The van der Waals surface area contributed by atoms with Crippen molar-refractivity contribution < 1.29 is 40.6 Å². The summed E-state index contributed by atoms with van der Waals surface area (Å²) in [6, 6.07) is 9.18. The summed E-state index contributed by atoms with van der Waals surface area (Å²) in [7, 11) is 0. The standard InChI is InChI=1S/C21H15F5O5/c1-2-18(27)30-11-29-13-8-7-12-9-15(19(28)31-17(12)10-13)14-5-3-4-6-16(14)20(22,23)21(24,25)26/h3-10H,2,11H2,1H3. The number of hydrogen-bond donors (Lipinski definition) is 0. The summed E-state index contributed by atoms with van der Waals surface area (Å²) >= 11 is 0. The van der Waals surface area contributed by atoms with Crippen LogP contribution in [-0.4, -0.2) is 18.9 Å². The van der Waals surface area contributed by atoms with Gasteiger partial charge in [0.05, 0.1) is 5.56 Å². The van der Waals surface area contributed by atoms with Crippen molar-refractivity contribution in [3.8, 4) is 16.9 Å². The predicted molar refractivity (Wildman–Crippen MR) is 99.7 cm³/mol. The van der Waals surface area contributed by atoms with Crippen molar-refractivity contribution in [3.63, 3.8) is 0 Å². The molecule has 0 saturated heterocycles. The Hall–Kier alpha value is -3.43. The number of hydrogen-bond acceptors (Lipinski definition) is 5. The first-order chi connectivity index (χ1) is 14.5. The average molecular weight is 442 g/mol. The van der Waals surface area contributed by atoms with Gasteiger partial charge in [0, 0.05) is 23.4 Å². The number of rotatable bonds is 6. The molecule has 0 atom stereocenters. The van der Waals surface area contributed by atoms with Crippen LogP contribution in [0.2, 0.25) is 0 Å². The fourth-order valence-corrected chi connectivity index (χ4v) is 2.78. The highest BCUT2D eigenvalue weighted by molar-refractivity contribution is 5.83. The van der Waals surface area contributed by atoms with Gasteiger partial charge in [-0.25, -0.2) is 4.79 Å². The Morgan fingerprint density at radius 2 is 1.71 bits per heavy atom. The third kappa shape index (κ3) is 4.52. The number of carbonyl (C=O) groups excluding carboxylic acids is 1. The van der Waals surface area contributed by atoms with Crippen molar-refractivity contribution in [2.45, 2.75) is 25.4 Å². The van der Waals surface area contributed by atoms with Crippen LogP contribution >= 0.6 is 0 Å². The van der Waals surface area contributed by atoms with Crippen molar-refractivity contribution >= 4 is 16.9 Å². The Kier molecular flexibility index (Phi) is 6.01. The minimum Gasteiger partial charge on any atom is -0.457 e. The lowest BCUT2D eigenvalue weighted by atomic mass is 9.95. The highest BCUT2D eigenvalue weighted by atomic mass is 19.4. The van der Waals surface area contributed by atoms with Crippen molar-refractivity contribution in [3.05, 3.63) is 64.5 Å². The summed E-state index contributed by atoms with van der Waals surface area (Å²) in [4.78, 5) is 23.5. The summed E-state index contributed by atoms with van der Waals surface area (Å²) in [5.74, 6) is -5.46. The maximum Gasteiger partial charge on any atom is 0.458 e. The molecular weight excluding hydrogens is 427 g/mol. The van der Waals surface area contributed by atoms with E-state index in [1.54, 1.807) is 6.92 Å². The molecule has 3 rings (SSSR count). The molecule has 0 aliphatic carbocycles. The van der Waals surface area contributed by atoms with Gasteiger partial charge >= 0.3 is 23.7 Å². The number of benzene rings is 2. The van der Waals surface area contributed by atoms with Crippen LogP contribution < -0.4 is 10.4 Å². The van der Waals surface area contributed by atoms with Gasteiger partial charge in [-0.3, -0.25) is 4.79 Å². The van der Waals surface area contributed by atoms with Crippen LogP contribution in [0.4, 0.5) is 22.0 Å². The summed E-state index contributed by atoms with van der Waals surface area (Å²) in [6.07, 6.45) is -5.68. The van der Waals surface area contributed by atoms with Gasteiger partial charge in [0.25, 0.3) is 0 Å². The molecule has 164 valence electrons. The number of fused-ring (bicyclic) bond motifs is 1. The molecule has 0 saturated carbocycles. The molecule has 0 amide bonds. The van der Waals surface area contributed by atoms with Crippen LogP contribution in [0.3, 0.4) is 0 Å². The topological polar surface area (TPSA) is 65.7 Å². The number of ether oxygens (including phenoxy) is 2. The van der Waals surface area contributed by atoms with E-state index in [-0.39, 0.29) is 29.9 Å². The molecule has 31 heavy (non-hydrogen) atoms. The number of carbonyl (C=O) groups is 1. The highest BCUT2D eigenvalue weighted by Gasteiger charge is 2.59. The van der Waals surface area contributed by atoms with Gasteiger partial charge in [0.15, 0.2) is 0 Å². The fourth-order valence-electron chi connectivity index (χ4n) is 2.78. The van der Waals surface area contributed by atoms with E-state index in [9.17, 15) is 31.5 Å². The van der Waals surface area contributed by atoms with Crippen LogP contribution in [0.1, 0.15) is 18.9 Å².